The number of carbonyl (C=O) groups excluding carboxylic acids is 1. The van der Waals surface area contributed by atoms with Gasteiger partial charge in [0.2, 0.25) is 5.91 Å². The Bertz CT molecular complexity index is 461. The van der Waals surface area contributed by atoms with Gasteiger partial charge in [-0.3, -0.25) is 4.79 Å². The van der Waals surface area contributed by atoms with E-state index in [0.717, 1.165) is 24.2 Å². The van der Waals surface area contributed by atoms with Crippen molar-refractivity contribution in [3.63, 3.8) is 0 Å². The average molecular weight is 267 g/mol. The van der Waals surface area contributed by atoms with Crippen molar-refractivity contribution in [2.45, 2.75) is 39.3 Å². The highest BCUT2D eigenvalue weighted by Crippen LogP contribution is 2.25. The number of carbonyl (C=O) groups is 1. The molecule has 1 aliphatic heterocycles. The highest BCUT2D eigenvalue weighted by atomic mass is 35.5. The number of aryl methyl sites for hydroxylation is 1. The van der Waals surface area contributed by atoms with Gasteiger partial charge in [-0.1, -0.05) is 11.6 Å². The maximum atomic E-state index is 12.4. The Morgan fingerprint density at radius 3 is 2.78 bits per heavy atom. The molecule has 2 atom stereocenters. The van der Waals surface area contributed by atoms with Crippen LogP contribution in [0.5, 0.6) is 0 Å². The van der Waals surface area contributed by atoms with Crippen molar-refractivity contribution < 1.29 is 4.79 Å². The fraction of sp³-hybridized carbons (Fsp3) is 0.500. The third-order valence-electron chi connectivity index (χ3n) is 3.41. The van der Waals surface area contributed by atoms with E-state index in [1.54, 1.807) is 0 Å². The molecule has 3 nitrogen and oxygen atoms in total. The summed E-state index contributed by atoms with van der Waals surface area (Å²) in [6.45, 7) is 6.77. The highest BCUT2D eigenvalue weighted by Gasteiger charge is 2.27. The third kappa shape index (κ3) is 2.68. The van der Waals surface area contributed by atoms with Gasteiger partial charge in [-0.05, 0) is 51.0 Å². The van der Waals surface area contributed by atoms with Crippen molar-refractivity contribution in [2.75, 3.05) is 11.4 Å². The summed E-state index contributed by atoms with van der Waals surface area (Å²) in [7, 11) is 0. The molecule has 0 aromatic heterocycles. The molecule has 1 N–H and O–H groups in total. The highest BCUT2D eigenvalue weighted by molar-refractivity contribution is 6.30. The van der Waals surface area contributed by atoms with Crippen molar-refractivity contribution >= 4 is 23.2 Å². The van der Waals surface area contributed by atoms with Gasteiger partial charge in [0, 0.05) is 23.3 Å². The number of hydrogen-bond donors (Lipinski definition) is 1. The Hall–Kier alpha value is -1.06. The lowest BCUT2D eigenvalue weighted by atomic mass is 10.1. The Labute approximate surface area is 113 Å². The number of amides is 1. The summed E-state index contributed by atoms with van der Waals surface area (Å²) in [5.74, 6) is 0.129. The summed E-state index contributed by atoms with van der Waals surface area (Å²) in [6, 6.07) is 5.89. The van der Waals surface area contributed by atoms with E-state index in [1.807, 2.05) is 36.9 Å². The zero-order chi connectivity index (χ0) is 13.3. The Kier molecular flexibility index (Phi) is 3.93. The second kappa shape index (κ2) is 5.29. The molecule has 1 saturated heterocycles. The average Bonchev–Trinajstić information content (AvgIpc) is 2.41. The lowest BCUT2D eigenvalue weighted by Crippen LogP contribution is -2.43. The molecular weight excluding hydrogens is 248 g/mol. The van der Waals surface area contributed by atoms with Gasteiger partial charge in [0.15, 0.2) is 0 Å². The quantitative estimate of drug-likeness (QED) is 0.848. The summed E-state index contributed by atoms with van der Waals surface area (Å²) < 4.78 is 0. The Morgan fingerprint density at radius 1 is 1.39 bits per heavy atom. The first kappa shape index (κ1) is 13.4. The third-order valence-corrected chi connectivity index (χ3v) is 3.64. The maximum Gasteiger partial charge on any atom is 0.243 e. The maximum absolute atomic E-state index is 12.4. The van der Waals surface area contributed by atoms with E-state index in [-0.39, 0.29) is 11.9 Å². The van der Waals surface area contributed by atoms with Gasteiger partial charge in [-0.2, -0.15) is 0 Å². The second-order valence-electron chi connectivity index (χ2n) is 5.00. The smallest absolute Gasteiger partial charge is 0.243 e. The van der Waals surface area contributed by atoms with Gasteiger partial charge >= 0.3 is 0 Å². The van der Waals surface area contributed by atoms with Crippen LogP contribution in [0.1, 0.15) is 25.8 Å². The fourth-order valence-electron chi connectivity index (χ4n) is 2.41. The second-order valence-corrected chi connectivity index (χ2v) is 5.44. The molecule has 1 fully saturated rings. The van der Waals surface area contributed by atoms with Crippen molar-refractivity contribution in [1.82, 2.24) is 5.32 Å². The molecule has 0 aliphatic carbocycles. The van der Waals surface area contributed by atoms with Crippen LogP contribution in [-0.2, 0) is 4.79 Å². The van der Waals surface area contributed by atoms with Crippen molar-refractivity contribution in [1.29, 1.82) is 0 Å². The zero-order valence-electron chi connectivity index (χ0n) is 11.0. The molecule has 1 aromatic rings. The summed E-state index contributed by atoms with van der Waals surface area (Å²) in [4.78, 5) is 14.2. The molecule has 0 saturated carbocycles. The molecular formula is C14H19ClN2O. The predicted octanol–water partition coefficient (Wildman–Crippen LogP) is 2.75. The number of rotatable bonds is 1. The summed E-state index contributed by atoms with van der Waals surface area (Å²) >= 11 is 5.96. The Morgan fingerprint density at radius 2 is 2.11 bits per heavy atom. The van der Waals surface area contributed by atoms with Crippen molar-refractivity contribution in [3.05, 3.63) is 28.8 Å². The van der Waals surface area contributed by atoms with Crippen molar-refractivity contribution in [2.24, 2.45) is 0 Å². The Balaban J connectivity index is 2.33. The van der Waals surface area contributed by atoms with Crippen molar-refractivity contribution in [3.8, 4) is 0 Å². The first-order valence-corrected chi connectivity index (χ1v) is 6.70. The molecule has 2 unspecified atom stereocenters. The number of nitrogens with one attached hydrogen (secondary N) is 1. The van der Waals surface area contributed by atoms with E-state index < -0.39 is 0 Å². The molecule has 0 bridgehead atoms. The predicted molar refractivity (Wildman–Crippen MR) is 75.2 cm³/mol. The molecule has 4 heteroatoms. The number of benzene rings is 1. The molecule has 2 rings (SSSR count). The van der Waals surface area contributed by atoms with E-state index >= 15 is 0 Å². The van der Waals surface area contributed by atoms with Crippen LogP contribution in [0, 0.1) is 6.92 Å². The molecule has 0 spiro atoms. The van der Waals surface area contributed by atoms with Crippen LogP contribution >= 0.6 is 11.6 Å². The van der Waals surface area contributed by atoms with Gasteiger partial charge in [-0.15, -0.1) is 0 Å². The van der Waals surface area contributed by atoms with Crippen LogP contribution in [-0.4, -0.2) is 24.5 Å². The number of halogens is 1. The van der Waals surface area contributed by atoms with Crippen LogP contribution < -0.4 is 10.2 Å². The first-order chi connectivity index (χ1) is 8.49. The summed E-state index contributed by atoms with van der Waals surface area (Å²) in [5, 5.41) is 4.01. The minimum atomic E-state index is -0.141. The summed E-state index contributed by atoms with van der Waals surface area (Å²) in [6.07, 6.45) is 0.956. The molecule has 1 heterocycles. The fourth-order valence-corrected chi connectivity index (χ4v) is 2.64. The van der Waals surface area contributed by atoms with E-state index in [9.17, 15) is 4.79 Å². The zero-order valence-corrected chi connectivity index (χ0v) is 11.8. The molecule has 0 radical (unpaired) electrons. The monoisotopic (exact) mass is 266 g/mol. The van der Waals surface area contributed by atoms with Gasteiger partial charge < -0.3 is 10.2 Å². The van der Waals surface area contributed by atoms with Crippen LogP contribution in [0.2, 0.25) is 5.02 Å². The normalized spacial score (nSPS) is 25.1. The lowest BCUT2D eigenvalue weighted by molar-refractivity contribution is -0.119. The molecule has 1 aromatic carbocycles. The number of nitrogens with zero attached hydrogens (tertiary/aromatic N) is 1. The first-order valence-electron chi connectivity index (χ1n) is 6.32. The molecule has 1 amide bonds. The number of anilines is 1. The van der Waals surface area contributed by atoms with E-state index in [2.05, 4.69) is 12.2 Å². The van der Waals surface area contributed by atoms with Crippen LogP contribution in [0.4, 0.5) is 5.69 Å². The molecule has 18 heavy (non-hydrogen) atoms. The topological polar surface area (TPSA) is 32.3 Å². The van der Waals surface area contributed by atoms with E-state index in [4.69, 9.17) is 11.6 Å². The SMILES string of the molecule is Cc1cc(Cl)ccc1N1CCC(C)NC(C)C1=O. The van der Waals surface area contributed by atoms with Crippen LogP contribution in [0.15, 0.2) is 18.2 Å². The minimum absolute atomic E-state index is 0.129. The molecule has 98 valence electrons. The largest absolute Gasteiger partial charge is 0.311 e. The van der Waals surface area contributed by atoms with E-state index in [1.165, 1.54) is 0 Å². The number of hydrogen-bond acceptors (Lipinski definition) is 2. The van der Waals surface area contributed by atoms with Gasteiger partial charge in [-0.25, -0.2) is 0 Å². The lowest BCUT2D eigenvalue weighted by Gasteiger charge is -2.24. The summed E-state index contributed by atoms with van der Waals surface area (Å²) in [5.41, 5.74) is 2.00. The molecule has 1 aliphatic rings. The van der Waals surface area contributed by atoms with Gasteiger partial charge in [0.05, 0.1) is 6.04 Å². The van der Waals surface area contributed by atoms with Gasteiger partial charge in [0.1, 0.15) is 0 Å². The van der Waals surface area contributed by atoms with E-state index in [0.29, 0.717) is 11.1 Å². The van der Waals surface area contributed by atoms with Crippen LogP contribution in [0.25, 0.3) is 0 Å². The van der Waals surface area contributed by atoms with Gasteiger partial charge in [0.25, 0.3) is 0 Å². The standard InChI is InChI=1S/C14H19ClN2O/c1-9-8-12(15)4-5-13(9)17-7-6-10(2)16-11(3)14(17)18/h4-5,8,10-11,16H,6-7H2,1-3H3. The minimum Gasteiger partial charge on any atom is -0.311 e. The van der Waals surface area contributed by atoms with Crippen LogP contribution in [0.3, 0.4) is 0 Å².